The molecule has 2 rings (SSSR count). The molecular formula is C17H27NO2. The molecular weight excluding hydrogens is 250 g/mol. The molecule has 1 aliphatic carbocycles. The van der Waals surface area contributed by atoms with E-state index in [1.54, 1.807) is 12.4 Å². The van der Waals surface area contributed by atoms with E-state index in [-0.39, 0.29) is 6.10 Å². The van der Waals surface area contributed by atoms with E-state index in [4.69, 9.17) is 4.74 Å². The van der Waals surface area contributed by atoms with Gasteiger partial charge in [0.15, 0.2) is 0 Å². The normalized spacial score (nSPS) is 19.4. The highest BCUT2D eigenvalue weighted by Gasteiger charge is 2.22. The number of aromatic nitrogens is 1. The summed E-state index contributed by atoms with van der Waals surface area (Å²) in [6.07, 6.45) is 11.9. The number of aliphatic hydroxyl groups excluding tert-OH is 1. The summed E-state index contributed by atoms with van der Waals surface area (Å²) in [6, 6.07) is 1.94. The molecule has 0 amide bonds. The molecule has 1 fully saturated rings. The summed E-state index contributed by atoms with van der Waals surface area (Å²) in [7, 11) is 0. The van der Waals surface area contributed by atoms with E-state index in [1.807, 2.05) is 19.9 Å². The summed E-state index contributed by atoms with van der Waals surface area (Å²) >= 11 is 0. The van der Waals surface area contributed by atoms with Crippen LogP contribution in [0.3, 0.4) is 0 Å². The van der Waals surface area contributed by atoms with Gasteiger partial charge in [-0.25, -0.2) is 0 Å². The molecule has 1 N–H and O–H groups in total. The van der Waals surface area contributed by atoms with Gasteiger partial charge in [-0.1, -0.05) is 32.1 Å². The van der Waals surface area contributed by atoms with Gasteiger partial charge < -0.3 is 9.84 Å². The van der Waals surface area contributed by atoms with Gasteiger partial charge in [0.2, 0.25) is 0 Å². The lowest BCUT2D eigenvalue weighted by molar-refractivity contribution is 0.0905. The monoisotopic (exact) mass is 277 g/mol. The van der Waals surface area contributed by atoms with Crippen LogP contribution in [-0.4, -0.2) is 16.2 Å². The Morgan fingerprint density at radius 1 is 1.10 bits per heavy atom. The molecule has 1 atom stereocenters. The lowest BCUT2D eigenvalue weighted by Gasteiger charge is -2.25. The topological polar surface area (TPSA) is 42.4 Å². The Balaban J connectivity index is 2.04. The van der Waals surface area contributed by atoms with Crippen LogP contribution >= 0.6 is 0 Å². The lowest BCUT2D eigenvalue weighted by Crippen LogP contribution is -2.15. The van der Waals surface area contributed by atoms with Crippen LogP contribution in [0.2, 0.25) is 0 Å². The molecule has 20 heavy (non-hydrogen) atoms. The fraction of sp³-hybridized carbons (Fsp3) is 0.706. The number of hydrogen-bond donors (Lipinski definition) is 1. The van der Waals surface area contributed by atoms with Crippen LogP contribution in [0.4, 0.5) is 0 Å². The number of pyridine rings is 1. The average molecular weight is 277 g/mol. The highest BCUT2D eigenvalue weighted by atomic mass is 16.5. The first-order valence-corrected chi connectivity index (χ1v) is 7.96. The number of aliphatic hydroxyl groups is 1. The summed E-state index contributed by atoms with van der Waals surface area (Å²) in [6.45, 7) is 4.00. The van der Waals surface area contributed by atoms with Crippen molar-refractivity contribution >= 4 is 0 Å². The van der Waals surface area contributed by atoms with E-state index in [0.29, 0.717) is 5.92 Å². The average Bonchev–Trinajstić information content (AvgIpc) is 2.37. The molecule has 1 unspecified atom stereocenters. The molecule has 1 saturated carbocycles. The molecule has 1 heterocycles. The largest absolute Gasteiger partial charge is 0.489 e. The second-order valence-electron chi connectivity index (χ2n) is 6.17. The van der Waals surface area contributed by atoms with Crippen molar-refractivity contribution in [2.45, 2.75) is 71.0 Å². The Bertz CT molecular complexity index is 398. The summed E-state index contributed by atoms with van der Waals surface area (Å²) in [5.41, 5.74) is 0.897. The lowest BCUT2D eigenvalue weighted by atomic mass is 9.85. The summed E-state index contributed by atoms with van der Waals surface area (Å²) < 4.78 is 5.66. The first-order chi connectivity index (χ1) is 9.66. The molecule has 1 aromatic heterocycles. The molecule has 1 aromatic rings. The van der Waals surface area contributed by atoms with Crippen molar-refractivity contribution in [1.29, 1.82) is 0 Å². The van der Waals surface area contributed by atoms with Crippen LogP contribution in [0.1, 0.15) is 70.5 Å². The quantitative estimate of drug-likeness (QED) is 0.894. The molecule has 0 spiro atoms. The van der Waals surface area contributed by atoms with E-state index in [2.05, 4.69) is 4.98 Å². The van der Waals surface area contributed by atoms with Gasteiger partial charge in [0, 0.05) is 11.8 Å². The van der Waals surface area contributed by atoms with Crippen molar-refractivity contribution in [2.75, 3.05) is 0 Å². The molecule has 3 heteroatoms. The first-order valence-electron chi connectivity index (χ1n) is 7.96. The fourth-order valence-electron chi connectivity index (χ4n) is 3.01. The summed E-state index contributed by atoms with van der Waals surface area (Å²) in [4.78, 5) is 4.21. The maximum Gasteiger partial charge on any atom is 0.138 e. The number of hydrogen-bond acceptors (Lipinski definition) is 3. The van der Waals surface area contributed by atoms with Crippen LogP contribution < -0.4 is 4.74 Å². The number of nitrogens with zero attached hydrogens (tertiary/aromatic N) is 1. The fourth-order valence-corrected chi connectivity index (χ4v) is 3.01. The Morgan fingerprint density at radius 2 is 1.75 bits per heavy atom. The van der Waals surface area contributed by atoms with Crippen molar-refractivity contribution in [3.05, 3.63) is 24.0 Å². The highest BCUT2D eigenvalue weighted by molar-refractivity contribution is 5.25. The Morgan fingerprint density at radius 3 is 2.40 bits per heavy atom. The third kappa shape index (κ3) is 4.48. The van der Waals surface area contributed by atoms with Crippen molar-refractivity contribution in [3.8, 4) is 5.75 Å². The minimum absolute atomic E-state index is 0.130. The molecule has 0 aromatic carbocycles. The molecule has 1 aliphatic rings. The van der Waals surface area contributed by atoms with E-state index >= 15 is 0 Å². The van der Waals surface area contributed by atoms with E-state index in [9.17, 15) is 5.11 Å². The van der Waals surface area contributed by atoms with Gasteiger partial charge in [-0.05, 0) is 38.7 Å². The van der Waals surface area contributed by atoms with Gasteiger partial charge >= 0.3 is 0 Å². The van der Waals surface area contributed by atoms with Gasteiger partial charge in [-0.2, -0.15) is 0 Å². The SMILES string of the molecule is CC(C)Oc1cncc(C(O)C2CCCCCCC2)c1. The zero-order chi connectivity index (χ0) is 14.4. The summed E-state index contributed by atoms with van der Waals surface area (Å²) in [5.74, 6) is 1.12. The predicted molar refractivity (Wildman–Crippen MR) is 80.8 cm³/mol. The molecule has 112 valence electrons. The molecule has 0 saturated heterocycles. The third-order valence-electron chi connectivity index (χ3n) is 4.04. The minimum Gasteiger partial charge on any atom is -0.489 e. The van der Waals surface area contributed by atoms with Crippen LogP contribution in [0.5, 0.6) is 5.75 Å². The van der Waals surface area contributed by atoms with Gasteiger partial charge in [0.25, 0.3) is 0 Å². The second-order valence-corrected chi connectivity index (χ2v) is 6.17. The minimum atomic E-state index is -0.406. The first kappa shape index (κ1) is 15.3. The second kappa shape index (κ2) is 7.63. The van der Waals surface area contributed by atoms with Gasteiger partial charge in [0.1, 0.15) is 5.75 Å². The van der Waals surface area contributed by atoms with E-state index in [1.165, 1.54) is 32.1 Å². The number of rotatable bonds is 4. The third-order valence-corrected chi connectivity index (χ3v) is 4.04. The zero-order valence-corrected chi connectivity index (χ0v) is 12.7. The van der Waals surface area contributed by atoms with Crippen LogP contribution in [0.15, 0.2) is 18.5 Å². The maximum absolute atomic E-state index is 10.6. The number of ether oxygens (including phenoxy) is 1. The van der Waals surface area contributed by atoms with Crippen molar-refractivity contribution < 1.29 is 9.84 Å². The zero-order valence-electron chi connectivity index (χ0n) is 12.7. The maximum atomic E-state index is 10.6. The van der Waals surface area contributed by atoms with Crippen molar-refractivity contribution in [1.82, 2.24) is 4.98 Å². The van der Waals surface area contributed by atoms with Gasteiger partial charge in [-0.15, -0.1) is 0 Å². The van der Waals surface area contributed by atoms with Crippen LogP contribution in [-0.2, 0) is 0 Å². The van der Waals surface area contributed by atoms with Gasteiger partial charge in [0.05, 0.1) is 18.4 Å². The molecule has 0 bridgehead atoms. The van der Waals surface area contributed by atoms with Crippen LogP contribution in [0.25, 0.3) is 0 Å². The molecule has 0 radical (unpaired) electrons. The highest BCUT2D eigenvalue weighted by Crippen LogP contribution is 2.33. The smallest absolute Gasteiger partial charge is 0.138 e. The standard InChI is InChI=1S/C17H27NO2/c1-13(2)20-16-10-15(11-18-12-16)17(19)14-8-6-4-3-5-7-9-14/h10-14,17,19H,3-9H2,1-2H3. The summed E-state index contributed by atoms with van der Waals surface area (Å²) in [5, 5.41) is 10.6. The Kier molecular flexibility index (Phi) is 5.84. The molecule has 3 nitrogen and oxygen atoms in total. The van der Waals surface area contributed by atoms with E-state index in [0.717, 1.165) is 24.2 Å². The Labute approximate surface area is 122 Å². The molecule has 0 aliphatic heterocycles. The van der Waals surface area contributed by atoms with E-state index < -0.39 is 6.10 Å². The van der Waals surface area contributed by atoms with Gasteiger partial charge in [-0.3, -0.25) is 4.98 Å². The van der Waals surface area contributed by atoms with Crippen molar-refractivity contribution in [2.24, 2.45) is 5.92 Å². The van der Waals surface area contributed by atoms with Crippen molar-refractivity contribution in [3.63, 3.8) is 0 Å². The van der Waals surface area contributed by atoms with Crippen LogP contribution in [0, 0.1) is 5.92 Å². The Hall–Kier alpha value is -1.09. The predicted octanol–water partition coefficient (Wildman–Crippen LogP) is 4.26.